The highest BCUT2D eigenvalue weighted by Gasteiger charge is 2.24. The maximum atomic E-state index is 10.8. The van der Waals surface area contributed by atoms with Crippen molar-refractivity contribution in [1.29, 1.82) is 0 Å². The van der Waals surface area contributed by atoms with E-state index in [0.29, 0.717) is 0 Å². The Hall–Kier alpha value is -0.580. The number of carbonyl (C=O) groups is 1. The second-order valence-corrected chi connectivity index (χ2v) is 3.96. The van der Waals surface area contributed by atoms with Crippen LogP contribution >= 0.6 is 11.6 Å². The number of hydrogen-bond acceptors (Lipinski definition) is 3. The molecule has 1 saturated heterocycles. The predicted octanol–water partition coefficient (Wildman–Crippen LogP) is 0.830. The van der Waals surface area contributed by atoms with Crippen LogP contribution in [0.3, 0.4) is 0 Å². The molecule has 0 aliphatic carbocycles. The molecule has 1 fully saturated rings. The first-order chi connectivity index (χ1) is 7.15. The molecule has 0 aromatic rings. The van der Waals surface area contributed by atoms with Crippen molar-refractivity contribution < 1.29 is 9.90 Å². The molecular weight excluding hydrogens is 216 g/mol. The fourth-order valence-corrected chi connectivity index (χ4v) is 1.76. The van der Waals surface area contributed by atoms with E-state index in [-0.39, 0.29) is 6.04 Å². The van der Waals surface area contributed by atoms with Crippen LogP contribution in [-0.4, -0.2) is 59.6 Å². The first kappa shape index (κ1) is 12.5. The summed E-state index contributed by atoms with van der Waals surface area (Å²) in [6.45, 7) is 6.00. The van der Waals surface area contributed by atoms with Gasteiger partial charge in [-0.2, -0.15) is 0 Å². The predicted molar refractivity (Wildman–Crippen MR) is 60.1 cm³/mol. The highest BCUT2D eigenvalue weighted by atomic mass is 35.5. The average Bonchev–Trinajstić information content (AvgIpc) is 2.26. The highest BCUT2D eigenvalue weighted by Crippen LogP contribution is 2.06. The van der Waals surface area contributed by atoms with E-state index in [9.17, 15) is 4.79 Å². The van der Waals surface area contributed by atoms with E-state index < -0.39 is 5.97 Å². The topological polar surface area (TPSA) is 43.8 Å². The van der Waals surface area contributed by atoms with Gasteiger partial charge in [-0.25, -0.2) is 0 Å². The van der Waals surface area contributed by atoms with E-state index in [1.807, 2.05) is 11.0 Å². The van der Waals surface area contributed by atoms with Crippen molar-refractivity contribution in [2.45, 2.75) is 13.0 Å². The number of carboxylic acid groups (broad SMARTS) is 1. The molecule has 1 atom stereocenters. The molecule has 5 heteroatoms. The van der Waals surface area contributed by atoms with Gasteiger partial charge in [0.05, 0.1) is 0 Å². The van der Waals surface area contributed by atoms with E-state index in [0.717, 1.165) is 32.7 Å². The van der Waals surface area contributed by atoms with Crippen LogP contribution in [0.25, 0.3) is 0 Å². The number of nitrogens with zero attached hydrogens (tertiary/aromatic N) is 2. The summed E-state index contributed by atoms with van der Waals surface area (Å²) in [5.41, 5.74) is 1.52. The highest BCUT2D eigenvalue weighted by molar-refractivity contribution is 6.25. The zero-order chi connectivity index (χ0) is 11.3. The molecule has 1 heterocycles. The smallest absolute Gasteiger partial charge is 0.320 e. The van der Waals surface area contributed by atoms with Crippen LogP contribution in [0.5, 0.6) is 0 Å². The lowest BCUT2D eigenvalue weighted by Crippen LogP contribution is -2.51. The van der Waals surface area contributed by atoms with E-state index in [1.54, 1.807) is 6.92 Å². The Morgan fingerprint density at radius 1 is 1.47 bits per heavy atom. The van der Waals surface area contributed by atoms with Gasteiger partial charge in [0.25, 0.3) is 0 Å². The molecule has 0 amide bonds. The largest absolute Gasteiger partial charge is 0.480 e. The summed E-state index contributed by atoms with van der Waals surface area (Å²) in [4.78, 5) is 15.0. The number of rotatable bonds is 4. The molecule has 1 rings (SSSR count). The number of piperazine rings is 1. The van der Waals surface area contributed by atoms with Gasteiger partial charge >= 0.3 is 5.97 Å². The van der Waals surface area contributed by atoms with Crippen molar-refractivity contribution in [3.63, 3.8) is 0 Å². The number of halogens is 1. The molecule has 0 aromatic heterocycles. The van der Waals surface area contributed by atoms with Crippen LogP contribution in [0.15, 0.2) is 11.6 Å². The molecule has 1 N–H and O–H groups in total. The Bertz CT molecular complexity index is 238. The van der Waals surface area contributed by atoms with Crippen molar-refractivity contribution in [3.05, 3.63) is 11.6 Å². The molecule has 1 aliphatic rings. The standard InChI is InChI=1S/C10H17ClN2O2/c1-9(10(14)15)13-7-5-12(6-8-13)4-2-3-11/h2-3,9H,4-8H2,1H3,(H,14,15). The third-order valence-corrected chi connectivity index (χ3v) is 2.94. The van der Waals surface area contributed by atoms with Crippen LogP contribution in [0.1, 0.15) is 6.92 Å². The minimum Gasteiger partial charge on any atom is -0.480 e. The summed E-state index contributed by atoms with van der Waals surface area (Å²) in [5.74, 6) is -0.746. The molecule has 86 valence electrons. The Morgan fingerprint density at radius 3 is 2.53 bits per heavy atom. The van der Waals surface area contributed by atoms with Gasteiger partial charge in [0.15, 0.2) is 0 Å². The summed E-state index contributed by atoms with van der Waals surface area (Å²) in [5, 5.41) is 8.86. The molecule has 0 saturated carbocycles. The summed E-state index contributed by atoms with van der Waals surface area (Å²) in [6.07, 6.45) is 1.90. The van der Waals surface area contributed by atoms with Crippen molar-refractivity contribution >= 4 is 17.6 Å². The van der Waals surface area contributed by atoms with Crippen LogP contribution < -0.4 is 0 Å². The molecule has 15 heavy (non-hydrogen) atoms. The van der Waals surface area contributed by atoms with E-state index in [2.05, 4.69) is 4.90 Å². The molecule has 0 spiro atoms. The van der Waals surface area contributed by atoms with Gasteiger partial charge in [0.2, 0.25) is 0 Å². The van der Waals surface area contributed by atoms with Gasteiger partial charge in [-0.1, -0.05) is 17.7 Å². The zero-order valence-electron chi connectivity index (χ0n) is 8.90. The summed E-state index contributed by atoms with van der Waals surface area (Å²) < 4.78 is 0. The fraction of sp³-hybridized carbons (Fsp3) is 0.700. The van der Waals surface area contributed by atoms with Gasteiger partial charge < -0.3 is 5.11 Å². The Labute approximate surface area is 95.1 Å². The Balaban J connectivity index is 2.32. The molecule has 1 unspecified atom stereocenters. The van der Waals surface area contributed by atoms with E-state index in [1.165, 1.54) is 5.54 Å². The molecule has 0 aromatic carbocycles. The Kier molecular flexibility index (Phi) is 5.08. The zero-order valence-corrected chi connectivity index (χ0v) is 9.65. The second-order valence-electron chi connectivity index (χ2n) is 3.71. The van der Waals surface area contributed by atoms with Crippen molar-refractivity contribution in [1.82, 2.24) is 9.80 Å². The quantitative estimate of drug-likeness (QED) is 0.780. The number of hydrogen-bond donors (Lipinski definition) is 1. The maximum absolute atomic E-state index is 10.8. The first-order valence-electron chi connectivity index (χ1n) is 5.09. The lowest BCUT2D eigenvalue weighted by molar-refractivity contribution is -0.143. The number of carboxylic acids is 1. The monoisotopic (exact) mass is 232 g/mol. The van der Waals surface area contributed by atoms with E-state index in [4.69, 9.17) is 16.7 Å². The normalized spacial score (nSPS) is 22.0. The van der Waals surface area contributed by atoms with Crippen LogP contribution in [0.4, 0.5) is 0 Å². The van der Waals surface area contributed by atoms with Gasteiger partial charge in [0, 0.05) is 38.3 Å². The second kappa shape index (κ2) is 6.10. The molecular formula is C10H17ClN2O2. The first-order valence-corrected chi connectivity index (χ1v) is 5.53. The maximum Gasteiger partial charge on any atom is 0.320 e. The van der Waals surface area contributed by atoms with E-state index >= 15 is 0 Å². The third kappa shape index (κ3) is 3.81. The van der Waals surface area contributed by atoms with Crippen LogP contribution in [-0.2, 0) is 4.79 Å². The SMILES string of the molecule is CC(C(=O)O)N1CCN(CC=CCl)CC1. The van der Waals surface area contributed by atoms with Crippen LogP contribution in [0.2, 0.25) is 0 Å². The lowest BCUT2D eigenvalue weighted by Gasteiger charge is -2.36. The van der Waals surface area contributed by atoms with Gasteiger partial charge in [-0.3, -0.25) is 14.6 Å². The van der Waals surface area contributed by atoms with Gasteiger partial charge in [-0.05, 0) is 6.92 Å². The summed E-state index contributed by atoms with van der Waals surface area (Å²) in [6, 6.07) is -0.379. The summed E-state index contributed by atoms with van der Waals surface area (Å²) >= 11 is 5.45. The minimum atomic E-state index is -0.746. The fourth-order valence-electron chi connectivity index (χ4n) is 1.68. The lowest BCUT2D eigenvalue weighted by atomic mass is 10.2. The summed E-state index contributed by atoms with van der Waals surface area (Å²) in [7, 11) is 0. The van der Waals surface area contributed by atoms with Crippen molar-refractivity contribution in [2.24, 2.45) is 0 Å². The molecule has 0 bridgehead atoms. The number of aliphatic carboxylic acids is 1. The Morgan fingerprint density at radius 2 is 2.07 bits per heavy atom. The molecule has 1 aliphatic heterocycles. The third-order valence-electron chi connectivity index (χ3n) is 2.76. The average molecular weight is 233 g/mol. The molecule has 4 nitrogen and oxygen atoms in total. The minimum absolute atomic E-state index is 0.379. The van der Waals surface area contributed by atoms with Crippen molar-refractivity contribution in [2.75, 3.05) is 32.7 Å². The van der Waals surface area contributed by atoms with Crippen LogP contribution in [0, 0.1) is 0 Å². The molecule has 0 radical (unpaired) electrons. The van der Waals surface area contributed by atoms with Gasteiger partial charge in [0.1, 0.15) is 6.04 Å². The van der Waals surface area contributed by atoms with Crippen molar-refractivity contribution in [3.8, 4) is 0 Å². The van der Waals surface area contributed by atoms with Gasteiger partial charge in [-0.15, -0.1) is 0 Å².